The third-order valence-corrected chi connectivity index (χ3v) is 4.67. The first-order valence-electron chi connectivity index (χ1n) is 7.83. The number of likely N-dealkylation sites (tertiary alicyclic amines) is 1. The summed E-state index contributed by atoms with van der Waals surface area (Å²) < 4.78 is 0. The predicted molar refractivity (Wildman–Crippen MR) is 85.4 cm³/mol. The highest BCUT2D eigenvalue weighted by Crippen LogP contribution is 2.32. The molecule has 112 valence electrons. The fourth-order valence-corrected chi connectivity index (χ4v) is 3.39. The normalized spacial score (nSPS) is 19.6. The Morgan fingerprint density at radius 1 is 1.15 bits per heavy atom. The fraction of sp³-hybridized carbons (Fsp3) is 0.647. The molecule has 20 heavy (non-hydrogen) atoms. The largest absolute Gasteiger partial charge is 0.296 e. The lowest BCUT2D eigenvalue weighted by Gasteiger charge is -2.44. The molecular formula is C17H29N3. The molecule has 1 saturated heterocycles. The Bertz CT molecular complexity index is 420. The van der Waals surface area contributed by atoms with Crippen molar-refractivity contribution in [2.24, 2.45) is 5.84 Å². The third-order valence-electron chi connectivity index (χ3n) is 4.67. The Morgan fingerprint density at radius 3 is 2.35 bits per heavy atom. The maximum Gasteiger partial charge on any atom is 0.0638 e. The average Bonchev–Trinajstić information content (AvgIpc) is 2.68. The van der Waals surface area contributed by atoms with E-state index in [1.54, 1.807) is 0 Å². The van der Waals surface area contributed by atoms with Gasteiger partial charge in [0.15, 0.2) is 0 Å². The van der Waals surface area contributed by atoms with E-state index < -0.39 is 0 Å². The second-order valence-electron chi connectivity index (χ2n) is 6.57. The summed E-state index contributed by atoms with van der Waals surface area (Å²) in [4.78, 5) is 2.60. The minimum atomic E-state index is 0.0207. The number of nitrogens with two attached hydrogens (primary N) is 1. The Morgan fingerprint density at radius 2 is 1.80 bits per heavy atom. The van der Waals surface area contributed by atoms with E-state index in [4.69, 9.17) is 5.84 Å². The second-order valence-corrected chi connectivity index (χ2v) is 6.57. The first kappa shape index (κ1) is 15.5. The van der Waals surface area contributed by atoms with Gasteiger partial charge in [-0.25, -0.2) is 0 Å². The maximum atomic E-state index is 5.91. The molecule has 1 aromatic carbocycles. The van der Waals surface area contributed by atoms with Crippen LogP contribution >= 0.6 is 0 Å². The number of rotatable bonds is 4. The molecular weight excluding hydrogens is 246 g/mol. The van der Waals surface area contributed by atoms with Gasteiger partial charge in [-0.15, -0.1) is 0 Å². The number of aryl methyl sites for hydroxylation is 1. The van der Waals surface area contributed by atoms with Gasteiger partial charge >= 0.3 is 0 Å². The van der Waals surface area contributed by atoms with Crippen LogP contribution in [0.25, 0.3) is 0 Å². The summed E-state index contributed by atoms with van der Waals surface area (Å²) in [5.41, 5.74) is 5.65. The summed E-state index contributed by atoms with van der Waals surface area (Å²) in [5.74, 6) is 5.91. The van der Waals surface area contributed by atoms with Gasteiger partial charge in [0.1, 0.15) is 0 Å². The lowest BCUT2D eigenvalue weighted by atomic mass is 9.86. The number of nitrogens with zero attached hydrogens (tertiary/aromatic N) is 1. The number of hydrazine groups is 1. The van der Waals surface area contributed by atoms with Crippen LogP contribution in [0, 0.1) is 6.92 Å². The van der Waals surface area contributed by atoms with Crippen molar-refractivity contribution in [3.63, 3.8) is 0 Å². The first-order chi connectivity index (χ1) is 9.55. The van der Waals surface area contributed by atoms with Crippen molar-refractivity contribution < 1.29 is 0 Å². The number of benzene rings is 1. The van der Waals surface area contributed by atoms with Crippen molar-refractivity contribution in [2.75, 3.05) is 13.1 Å². The topological polar surface area (TPSA) is 41.3 Å². The highest BCUT2D eigenvalue weighted by Gasteiger charge is 2.35. The zero-order chi connectivity index (χ0) is 14.6. The van der Waals surface area contributed by atoms with Crippen molar-refractivity contribution in [2.45, 2.75) is 58.0 Å². The van der Waals surface area contributed by atoms with Crippen LogP contribution in [-0.4, -0.2) is 23.5 Å². The molecule has 1 aliphatic rings. The molecule has 1 heterocycles. The average molecular weight is 275 g/mol. The van der Waals surface area contributed by atoms with Crippen molar-refractivity contribution >= 4 is 0 Å². The predicted octanol–water partition coefficient (Wildman–Crippen LogP) is 3.15. The number of nitrogens with one attached hydrogen (secondary N) is 1. The molecule has 0 aliphatic carbocycles. The van der Waals surface area contributed by atoms with E-state index in [1.807, 2.05) is 0 Å². The van der Waals surface area contributed by atoms with Crippen LogP contribution in [0.3, 0.4) is 0 Å². The maximum absolute atomic E-state index is 5.91. The summed E-state index contributed by atoms with van der Waals surface area (Å²) in [6.07, 6.45) is 5.32. The minimum Gasteiger partial charge on any atom is -0.296 e. The third kappa shape index (κ3) is 3.40. The summed E-state index contributed by atoms with van der Waals surface area (Å²) in [6.45, 7) is 9.11. The Balaban J connectivity index is 2.23. The van der Waals surface area contributed by atoms with Crippen LogP contribution in [0.2, 0.25) is 0 Å². The molecule has 0 amide bonds. The van der Waals surface area contributed by atoms with Crippen LogP contribution in [0.15, 0.2) is 24.3 Å². The van der Waals surface area contributed by atoms with E-state index >= 15 is 0 Å². The lowest BCUT2D eigenvalue weighted by Crippen LogP contribution is -2.54. The molecule has 0 spiro atoms. The van der Waals surface area contributed by atoms with Crippen molar-refractivity contribution in [3.05, 3.63) is 35.4 Å². The van der Waals surface area contributed by atoms with Crippen LogP contribution in [0.1, 0.15) is 56.7 Å². The Kier molecular flexibility index (Phi) is 5.19. The summed E-state index contributed by atoms with van der Waals surface area (Å²) in [6, 6.07) is 8.82. The summed E-state index contributed by atoms with van der Waals surface area (Å²) in [7, 11) is 0. The Hall–Kier alpha value is -0.900. The molecule has 2 rings (SSSR count). The molecule has 0 bridgehead atoms. The van der Waals surface area contributed by atoms with Crippen LogP contribution in [0.4, 0.5) is 0 Å². The number of hydrogen-bond acceptors (Lipinski definition) is 3. The molecule has 3 heteroatoms. The molecule has 1 aliphatic heterocycles. The highest BCUT2D eigenvalue weighted by molar-refractivity contribution is 5.27. The number of hydrogen-bond donors (Lipinski definition) is 2. The van der Waals surface area contributed by atoms with Gasteiger partial charge in [0, 0.05) is 5.54 Å². The second kappa shape index (κ2) is 6.70. The molecule has 1 aromatic rings. The molecule has 3 N–H and O–H groups in total. The van der Waals surface area contributed by atoms with E-state index in [-0.39, 0.29) is 11.6 Å². The van der Waals surface area contributed by atoms with Gasteiger partial charge in [-0.1, -0.05) is 42.7 Å². The van der Waals surface area contributed by atoms with Crippen LogP contribution < -0.4 is 11.3 Å². The van der Waals surface area contributed by atoms with Crippen LogP contribution in [0.5, 0.6) is 0 Å². The van der Waals surface area contributed by atoms with E-state index in [1.165, 1.54) is 49.9 Å². The molecule has 0 radical (unpaired) electrons. The molecule has 3 nitrogen and oxygen atoms in total. The first-order valence-corrected chi connectivity index (χ1v) is 7.83. The van der Waals surface area contributed by atoms with E-state index in [9.17, 15) is 0 Å². The summed E-state index contributed by atoms with van der Waals surface area (Å²) in [5, 5.41) is 0. The lowest BCUT2D eigenvalue weighted by molar-refractivity contribution is 0.0834. The zero-order valence-electron chi connectivity index (χ0n) is 13.2. The quantitative estimate of drug-likeness (QED) is 0.655. The van der Waals surface area contributed by atoms with Gasteiger partial charge in [0.25, 0.3) is 0 Å². The molecule has 0 saturated carbocycles. The molecule has 0 aromatic heterocycles. The monoisotopic (exact) mass is 275 g/mol. The van der Waals surface area contributed by atoms with E-state index in [2.05, 4.69) is 55.4 Å². The van der Waals surface area contributed by atoms with Gasteiger partial charge in [-0.05, 0) is 52.3 Å². The van der Waals surface area contributed by atoms with Gasteiger partial charge < -0.3 is 0 Å². The molecule has 1 unspecified atom stereocenters. The smallest absolute Gasteiger partial charge is 0.0638 e. The van der Waals surface area contributed by atoms with Crippen molar-refractivity contribution in [1.82, 2.24) is 10.3 Å². The zero-order valence-corrected chi connectivity index (χ0v) is 13.2. The van der Waals surface area contributed by atoms with Gasteiger partial charge in [-0.3, -0.25) is 16.2 Å². The standard InChI is InChI=1S/C17H29N3/c1-14-9-8-10-15(13-14)16(19-18)17(2,3)20-11-6-4-5-7-12-20/h8-10,13,16,19H,4-7,11-12,18H2,1-3H3. The Labute approximate surface area is 123 Å². The van der Waals surface area contributed by atoms with Gasteiger partial charge in [-0.2, -0.15) is 0 Å². The molecule has 1 fully saturated rings. The minimum absolute atomic E-state index is 0.0207. The fourth-order valence-electron chi connectivity index (χ4n) is 3.39. The molecule has 1 atom stereocenters. The van der Waals surface area contributed by atoms with E-state index in [0.29, 0.717) is 0 Å². The van der Waals surface area contributed by atoms with Crippen LogP contribution in [-0.2, 0) is 0 Å². The van der Waals surface area contributed by atoms with Gasteiger partial charge in [0.2, 0.25) is 0 Å². The van der Waals surface area contributed by atoms with E-state index in [0.717, 1.165) is 0 Å². The highest BCUT2D eigenvalue weighted by atomic mass is 15.3. The van der Waals surface area contributed by atoms with Crippen molar-refractivity contribution in [3.8, 4) is 0 Å². The SMILES string of the molecule is Cc1cccc(C(NN)C(C)(C)N2CCCCCC2)c1. The van der Waals surface area contributed by atoms with Crippen molar-refractivity contribution in [1.29, 1.82) is 0 Å². The van der Waals surface area contributed by atoms with Gasteiger partial charge in [0.05, 0.1) is 6.04 Å². The summed E-state index contributed by atoms with van der Waals surface area (Å²) >= 11 is 0.